The minimum absolute atomic E-state index is 0. The van der Waals surface area contributed by atoms with E-state index in [-0.39, 0.29) is 118 Å². The minimum atomic E-state index is 0. The van der Waals surface area contributed by atoms with E-state index in [4.69, 9.17) is 0 Å². The summed E-state index contributed by atoms with van der Waals surface area (Å²) in [6, 6.07) is 0. The minimum Gasteiger partial charge on any atom is -0.0776 e. The Bertz CT molecular complexity index is 19.7. The maximum absolute atomic E-state index is 0. The second-order valence-corrected chi connectivity index (χ2v) is 0. The first-order valence-corrected chi connectivity index (χ1v) is 0. The normalized spacial score (nSPS) is 0. The van der Waals surface area contributed by atoms with E-state index >= 15 is 0 Å². The molecule has 0 spiro atoms. The molecule has 0 nitrogen and oxygen atoms in total. The first-order chi connectivity index (χ1) is 0. The Kier molecular flexibility index (Phi) is 661. The molecule has 0 saturated carbocycles. The molecule has 0 rings (SSSR count). The molecule has 50 valence electrons. The van der Waals surface area contributed by atoms with Crippen molar-refractivity contribution in [3.05, 3.63) is 0 Å². The summed E-state index contributed by atoms with van der Waals surface area (Å²) in [5, 5.41) is 0. The molecule has 0 aliphatic rings. The van der Waals surface area contributed by atoms with Gasteiger partial charge in [0.15, 0.2) is 0 Å². The molecule has 0 aliphatic heterocycles. The SMILES string of the molecule is C.[Co].[Cr].[Cu].[SiH4].[Ti].[Zr]. The molecule has 0 aromatic carbocycles. The van der Waals surface area contributed by atoms with Crippen LogP contribution >= 0.6 is 0 Å². The Labute approximate surface area is 116 Å². The Balaban J connectivity index is 0. The van der Waals surface area contributed by atoms with Crippen molar-refractivity contribution in [1.82, 2.24) is 0 Å². The van der Waals surface area contributed by atoms with Crippen LogP contribution in [0.4, 0.5) is 0 Å². The summed E-state index contributed by atoms with van der Waals surface area (Å²) in [6.45, 7) is 0. The van der Waals surface area contributed by atoms with Crippen molar-refractivity contribution in [3.8, 4) is 0 Å². The fraction of sp³-hybridized carbons (Fsp3) is 1.00. The predicted octanol–water partition coefficient (Wildman–Crippen LogP) is -0.828. The molecular weight excluding hydrogens is 354 g/mol. The van der Waals surface area contributed by atoms with Crippen LogP contribution in [0.25, 0.3) is 0 Å². The molecule has 0 atom stereocenters. The molecule has 0 heterocycles. The predicted molar refractivity (Wildman–Crippen MR) is 18.1 cm³/mol. The van der Waals surface area contributed by atoms with Crippen LogP contribution in [0.3, 0.4) is 0 Å². The zero-order valence-corrected chi connectivity index (χ0v) is 9.32. The monoisotopic (exact) mass is 360 g/mol. The molecule has 0 aromatic rings. The van der Waals surface area contributed by atoms with Crippen LogP contribution in [0.15, 0.2) is 0 Å². The van der Waals surface area contributed by atoms with Crippen LogP contribution in [0.5, 0.6) is 0 Å². The van der Waals surface area contributed by atoms with Gasteiger partial charge in [0.25, 0.3) is 0 Å². The van der Waals surface area contributed by atoms with Gasteiger partial charge in [-0.2, -0.15) is 0 Å². The van der Waals surface area contributed by atoms with Gasteiger partial charge in [-0.1, -0.05) is 7.43 Å². The fourth-order valence-corrected chi connectivity index (χ4v) is 0. The summed E-state index contributed by atoms with van der Waals surface area (Å²) in [6.07, 6.45) is 0. The first-order valence-electron chi connectivity index (χ1n) is 0. The van der Waals surface area contributed by atoms with E-state index in [9.17, 15) is 0 Å². The summed E-state index contributed by atoms with van der Waals surface area (Å²) in [7, 11) is 0. The standard InChI is InChI=1S/CH4.Co.Cr.Cu.H4Si.Ti.Zr/h1H4;;;;1H4;;. The molecule has 0 saturated heterocycles. The van der Waals surface area contributed by atoms with Gasteiger partial charge in [0, 0.05) is 99.1 Å². The third kappa shape index (κ3) is 44.8. The van der Waals surface area contributed by atoms with Gasteiger partial charge >= 0.3 is 0 Å². The van der Waals surface area contributed by atoms with Gasteiger partial charge in [-0.25, -0.2) is 0 Å². The van der Waals surface area contributed by atoms with Crippen LogP contribution in [-0.4, -0.2) is 11.0 Å². The van der Waals surface area contributed by atoms with Gasteiger partial charge in [0.2, 0.25) is 0 Å². The van der Waals surface area contributed by atoms with Crippen LogP contribution in [0, 0.1) is 0 Å². The molecule has 0 bridgehead atoms. The zero-order chi connectivity index (χ0) is 0. The summed E-state index contributed by atoms with van der Waals surface area (Å²) in [5.41, 5.74) is 0. The summed E-state index contributed by atoms with van der Waals surface area (Å²) < 4.78 is 0. The molecule has 0 aliphatic carbocycles. The second kappa shape index (κ2) is 57.8. The molecule has 2 radical (unpaired) electrons. The van der Waals surface area contributed by atoms with Crippen LogP contribution in [-0.2, 0) is 99.1 Å². The molecule has 0 aromatic heterocycles. The molecule has 0 unspecified atom stereocenters. The average Bonchev–Trinajstić information content (AvgIpc) is 0. The Morgan fingerprint density at radius 1 is 1.00 bits per heavy atom. The Morgan fingerprint density at radius 3 is 1.00 bits per heavy atom. The molecule has 7 heavy (non-hydrogen) atoms. The summed E-state index contributed by atoms with van der Waals surface area (Å²) in [4.78, 5) is 0. The number of hydrogen-bond acceptors (Lipinski definition) is 0. The summed E-state index contributed by atoms with van der Waals surface area (Å²) >= 11 is 0. The molecular formula is CH8CoCrCuSiTiZr. The van der Waals surface area contributed by atoms with E-state index in [0.717, 1.165) is 0 Å². The van der Waals surface area contributed by atoms with E-state index in [1.54, 1.807) is 0 Å². The van der Waals surface area contributed by atoms with E-state index in [2.05, 4.69) is 0 Å². The molecule has 6 heteroatoms. The van der Waals surface area contributed by atoms with Gasteiger partial charge in [0.1, 0.15) is 0 Å². The average molecular weight is 362 g/mol. The van der Waals surface area contributed by atoms with E-state index in [0.29, 0.717) is 0 Å². The molecule has 0 N–H and O–H groups in total. The molecule has 0 fully saturated rings. The van der Waals surface area contributed by atoms with Gasteiger partial charge < -0.3 is 0 Å². The quantitative estimate of drug-likeness (QED) is 0.494. The maximum Gasteiger partial charge on any atom is 0 e. The largest absolute Gasteiger partial charge is 0.0776 e. The number of hydrogen-bond donors (Lipinski definition) is 0. The van der Waals surface area contributed by atoms with Gasteiger partial charge in [-0.3, -0.25) is 0 Å². The topological polar surface area (TPSA) is 0 Å². The van der Waals surface area contributed by atoms with Crippen molar-refractivity contribution in [2.45, 2.75) is 7.43 Å². The Morgan fingerprint density at radius 2 is 1.00 bits per heavy atom. The van der Waals surface area contributed by atoms with Crippen LogP contribution in [0.2, 0.25) is 0 Å². The zero-order valence-electron chi connectivity index (χ0n) is 2.04. The van der Waals surface area contributed by atoms with Gasteiger partial charge in [0.05, 0.1) is 0 Å². The third-order valence-corrected chi connectivity index (χ3v) is 0. The number of rotatable bonds is 0. The van der Waals surface area contributed by atoms with E-state index in [1.165, 1.54) is 0 Å². The van der Waals surface area contributed by atoms with Crippen molar-refractivity contribution >= 4 is 11.0 Å². The van der Waals surface area contributed by atoms with Crippen molar-refractivity contribution in [3.63, 3.8) is 0 Å². The van der Waals surface area contributed by atoms with Crippen molar-refractivity contribution in [2.75, 3.05) is 0 Å². The van der Waals surface area contributed by atoms with Crippen molar-refractivity contribution in [1.29, 1.82) is 0 Å². The second-order valence-electron chi connectivity index (χ2n) is 0. The van der Waals surface area contributed by atoms with Crippen LogP contribution in [0.1, 0.15) is 7.43 Å². The maximum atomic E-state index is 0. The van der Waals surface area contributed by atoms with Crippen LogP contribution < -0.4 is 0 Å². The van der Waals surface area contributed by atoms with E-state index in [1.807, 2.05) is 0 Å². The fourth-order valence-electron chi connectivity index (χ4n) is 0. The smallest absolute Gasteiger partial charge is 0 e. The Hall–Kier alpha value is 3.37. The third-order valence-electron chi connectivity index (χ3n) is 0. The van der Waals surface area contributed by atoms with E-state index < -0.39 is 0 Å². The van der Waals surface area contributed by atoms with Crippen molar-refractivity contribution < 1.29 is 99.1 Å². The molecule has 0 amide bonds. The summed E-state index contributed by atoms with van der Waals surface area (Å²) in [5.74, 6) is 0. The van der Waals surface area contributed by atoms with Gasteiger partial charge in [-0.05, 0) is 11.0 Å². The van der Waals surface area contributed by atoms with Gasteiger partial charge in [-0.15, -0.1) is 0 Å². The first kappa shape index (κ1) is 80.1. The van der Waals surface area contributed by atoms with Crippen molar-refractivity contribution in [2.24, 2.45) is 0 Å².